The molecule has 40 heavy (non-hydrogen) atoms. The molecule has 1 aromatic carbocycles. The number of H-pyrrole nitrogens is 2. The summed E-state index contributed by atoms with van der Waals surface area (Å²) in [7, 11) is 0. The quantitative estimate of drug-likeness (QED) is 0.135. The first kappa shape index (κ1) is 30.3. The van der Waals surface area contributed by atoms with Gasteiger partial charge in [0.1, 0.15) is 18.1 Å². The van der Waals surface area contributed by atoms with Gasteiger partial charge in [-0.1, -0.05) is 38.5 Å². The van der Waals surface area contributed by atoms with Crippen LogP contribution in [0.4, 0.5) is 0 Å². The molecule has 9 N–H and O–H groups in total. The molecule has 6 unspecified atom stereocenters. The fourth-order valence-corrected chi connectivity index (χ4v) is 4.25. The average Bonchev–Trinajstić information content (AvgIpc) is 3.59. The Balaban J connectivity index is 1.81. The summed E-state index contributed by atoms with van der Waals surface area (Å²) >= 11 is 0. The van der Waals surface area contributed by atoms with E-state index in [0.29, 0.717) is 12.1 Å². The van der Waals surface area contributed by atoms with Gasteiger partial charge < -0.3 is 41.9 Å². The number of fused-ring (bicyclic) bond motifs is 1. The SMILES string of the molecule is CCC(C)C(N)C(=O)NC(Cc1c[nH]c2ccccc12)C(=O)NC(C(=O)NC(Cc1cnc[nH]1)C(=O)O)C(C)O. The van der Waals surface area contributed by atoms with Crippen LogP contribution < -0.4 is 21.7 Å². The van der Waals surface area contributed by atoms with Gasteiger partial charge in [0.05, 0.1) is 18.5 Å². The van der Waals surface area contributed by atoms with E-state index in [1.807, 2.05) is 38.1 Å². The molecular formula is C27H37N7O6. The number of nitrogens with one attached hydrogen (secondary N) is 5. The van der Waals surface area contributed by atoms with Gasteiger partial charge in [0, 0.05) is 41.8 Å². The molecule has 2 heterocycles. The Morgan fingerprint density at radius 1 is 0.975 bits per heavy atom. The standard InChI is InChI=1S/C27H37N7O6/c1-4-14(2)22(28)25(37)32-20(9-16-11-30-19-8-6-5-7-18(16)19)24(36)34-23(15(3)35)26(38)33-21(27(39)40)10-17-12-29-13-31-17/h5-8,11-15,20-23,30,35H,4,9-10,28H2,1-3H3,(H,29,31)(H,32,37)(H,33,38)(H,34,36)(H,39,40). The summed E-state index contributed by atoms with van der Waals surface area (Å²) in [5.41, 5.74) is 8.17. The van der Waals surface area contributed by atoms with E-state index in [1.54, 1.807) is 6.20 Å². The molecule has 3 rings (SSSR count). The molecule has 0 saturated heterocycles. The number of aliphatic hydroxyl groups excluding tert-OH is 1. The molecule has 0 bridgehead atoms. The van der Waals surface area contributed by atoms with E-state index in [1.165, 1.54) is 19.4 Å². The first-order valence-electron chi connectivity index (χ1n) is 13.1. The highest BCUT2D eigenvalue weighted by atomic mass is 16.4. The Labute approximate surface area is 231 Å². The highest BCUT2D eigenvalue weighted by Crippen LogP contribution is 2.19. The minimum Gasteiger partial charge on any atom is -0.480 e. The number of benzene rings is 1. The van der Waals surface area contributed by atoms with Gasteiger partial charge >= 0.3 is 5.97 Å². The minimum absolute atomic E-state index is 0.0700. The first-order valence-corrected chi connectivity index (χ1v) is 13.1. The van der Waals surface area contributed by atoms with Gasteiger partial charge in [-0.25, -0.2) is 9.78 Å². The third-order valence-electron chi connectivity index (χ3n) is 6.95. The van der Waals surface area contributed by atoms with Gasteiger partial charge in [-0.15, -0.1) is 0 Å². The van der Waals surface area contributed by atoms with Gasteiger partial charge in [-0.3, -0.25) is 14.4 Å². The smallest absolute Gasteiger partial charge is 0.326 e. The number of nitrogens with two attached hydrogens (primary N) is 1. The number of aliphatic carboxylic acids is 1. The van der Waals surface area contributed by atoms with E-state index in [9.17, 15) is 29.4 Å². The summed E-state index contributed by atoms with van der Waals surface area (Å²) in [5.74, 6) is -3.61. The fourth-order valence-electron chi connectivity index (χ4n) is 4.25. The van der Waals surface area contributed by atoms with Crippen molar-refractivity contribution in [2.24, 2.45) is 11.7 Å². The highest BCUT2D eigenvalue weighted by Gasteiger charge is 2.33. The summed E-state index contributed by atoms with van der Waals surface area (Å²) in [6.45, 7) is 5.02. The lowest BCUT2D eigenvalue weighted by Crippen LogP contribution is -2.60. The van der Waals surface area contributed by atoms with Crippen molar-refractivity contribution in [3.63, 3.8) is 0 Å². The second kappa shape index (κ2) is 13.7. The molecule has 0 spiro atoms. The van der Waals surface area contributed by atoms with E-state index < -0.39 is 54.0 Å². The molecule has 2 aromatic heterocycles. The molecule has 0 aliphatic rings. The minimum atomic E-state index is -1.50. The maximum absolute atomic E-state index is 13.5. The van der Waals surface area contributed by atoms with Crippen molar-refractivity contribution in [3.05, 3.63) is 54.2 Å². The number of aromatic amines is 2. The van der Waals surface area contributed by atoms with Crippen molar-refractivity contribution in [2.75, 3.05) is 0 Å². The zero-order valence-electron chi connectivity index (χ0n) is 22.7. The number of hydrogen-bond donors (Lipinski definition) is 8. The number of hydrogen-bond acceptors (Lipinski definition) is 7. The van der Waals surface area contributed by atoms with Crippen LogP contribution in [0.15, 0.2) is 43.0 Å². The number of carboxylic acid groups (broad SMARTS) is 1. The molecule has 3 amide bonds. The number of rotatable bonds is 14. The summed E-state index contributed by atoms with van der Waals surface area (Å²) in [6, 6.07) is 2.61. The molecule has 13 heteroatoms. The molecule has 3 aromatic rings. The van der Waals surface area contributed by atoms with Crippen LogP contribution in [-0.4, -0.2) is 79.1 Å². The normalized spacial score (nSPS) is 15.8. The van der Waals surface area contributed by atoms with Crippen molar-refractivity contribution in [3.8, 4) is 0 Å². The summed E-state index contributed by atoms with van der Waals surface area (Å²) in [6.07, 6.45) is 3.80. The third kappa shape index (κ3) is 7.67. The van der Waals surface area contributed by atoms with Crippen molar-refractivity contribution in [2.45, 2.75) is 70.3 Å². The number of carbonyl (C=O) groups excluding carboxylic acids is 3. The van der Waals surface area contributed by atoms with Crippen molar-refractivity contribution < 1.29 is 29.4 Å². The molecule has 0 aliphatic heterocycles. The number of carboxylic acids is 1. The van der Waals surface area contributed by atoms with Gasteiger partial charge in [-0.2, -0.15) is 0 Å². The van der Waals surface area contributed by atoms with E-state index in [4.69, 9.17) is 5.73 Å². The van der Waals surface area contributed by atoms with Gasteiger partial charge in [-0.05, 0) is 24.5 Å². The van der Waals surface area contributed by atoms with E-state index in [0.717, 1.165) is 16.5 Å². The maximum atomic E-state index is 13.5. The van der Waals surface area contributed by atoms with E-state index in [-0.39, 0.29) is 18.8 Å². The Hall–Kier alpha value is -4.23. The van der Waals surface area contributed by atoms with Gasteiger partial charge in [0.25, 0.3) is 0 Å². The lowest BCUT2D eigenvalue weighted by Gasteiger charge is -2.27. The first-order chi connectivity index (χ1) is 19.0. The van der Waals surface area contributed by atoms with Crippen LogP contribution in [0.3, 0.4) is 0 Å². The lowest BCUT2D eigenvalue weighted by molar-refractivity contribution is -0.143. The number of nitrogens with zero attached hydrogens (tertiary/aromatic N) is 1. The summed E-state index contributed by atoms with van der Waals surface area (Å²) in [5, 5.41) is 28.3. The molecule has 0 fully saturated rings. The Kier molecular flexibility index (Phi) is 10.4. The van der Waals surface area contributed by atoms with Crippen LogP contribution in [0.25, 0.3) is 10.9 Å². The monoisotopic (exact) mass is 555 g/mol. The zero-order valence-corrected chi connectivity index (χ0v) is 22.7. The molecular weight excluding hydrogens is 518 g/mol. The molecule has 216 valence electrons. The predicted molar refractivity (Wildman–Crippen MR) is 147 cm³/mol. The van der Waals surface area contributed by atoms with E-state index >= 15 is 0 Å². The van der Waals surface area contributed by atoms with Crippen LogP contribution in [0, 0.1) is 5.92 Å². The van der Waals surface area contributed by atoms with Crippen LogP contribution in [0.2, 0.25) is 0 Å². The Morgan fingerprint density at radius 2 is 1.68 bits per heavy atom. The molecule has 0 saturated carbocycles. The highest BCUT2D eigenvalue weighted by molar-refractivity contribution is 5.95. The molecule has 13 nitrogen and oxygen atoms in total. The average molecular weight is 556 g/mol. The number of aliphatic hydroxyl groups is 1. The molecule has 6 atom stereocenters. The van der Waals surface area contributed by atoms with E-state index in [2.05, 4.69) is 30.9 Å². The maximum Gasteiger partial charge on any atom is 0.326 e. The molecule has 0 radical (unpaired) electrons. The topological polar surface area (TPSA) is 215 Å². The van der Waals surface area contributed by atoms with Gasteiger partial charge in [0.2, 0.25) is 17.7 Å². The molecule has 0 aliphatic carbocycles. The second-order valence-electron chi connectivity index (χ2n) is 9.94. The fraction of sp³-hybridized carbons (Fsp3) is 0.444. The number of carbonyl (C=O) groups is 4. The number of amides is 3. The number of aromatic nitrogens is 3. The van der Waals surface area contributed by atoms with Crippen LogP contribution in [-0.2, 0) is 32.0 Å². The van der Waals surface area contributed by atoms with Crippen LogP contribution in [0.5, 0.6) is 0 Å². The summed E-state index contributed by atoms with van der Waals surface area (Å²) in [4.78, 5) is 61.0. The predicted octanol–water partition coefficient (Wildman–Crippen LogP) is -0.0306. The summed E-state index contributed by atoms with van der Waals surface area (Å²) < 4.78 is 0. The Morgan fingerprint density at radius 3 is 2.30 bits per heavy atom. The van der Waals surface area contributed by atoms with Gasteiger partial charge in [0.15, 0.2) is 0 Å². The number of para-hydroxylation sites is 1. The van der Waals surface area contributed by atoms with Crippen molar-refractivity contribution in [1.29, 1.82) is 0 Å². The lowest BCUT2D eigenvalue weighted by atomic mass is 9.98. The Bertz CT molecular complexity index is 1310. The van der Waals surface area contributed by atoms with Crippen LogP contribution in [0.1, 0.15) is 38.4 Å². The second-order valence-corrected chi connectivity index (χ2v) is 9.94. The third-order valence-corrected chi connectivity index (χ3v) is 6.95. The number of imidazole rings is 1. The van der Waals surface area contributed by atoms with Crippen molar-refractivity contribution >= 4 is 34.6 Å². The van der Waals surface area contributed by atoms with Crippen molar-refractivity contribution in [1.82, 2.24) is 30.9 Å². The largest absolute Gasteiger partial charge is 0.480 e. The van der Waals surface area contributed by atoms with Crippen LogP contribution >= 0.6 is 0 Å². The zero-order chi connectivity index (χ0) is 29.4.